The Bertz CT molecular complexity index is 602. The number of hydrogen-bond acceptors (Lipinski definition) is 2. The number of hydrogen-bond donors (Lipinski definition) is 2. The SMILES string of the molecule is C/C=C(/C)C1CCC(C)=CC1c1c(O)cc(CCCCC)cc1O.CC. The number of aryl methyl sites for hydroxylation is 1. The molecule has 0 amide bonds. The van der Waals surface area contributed by atoms with Crippen molar-refractivity contribution in [2.24, 2.45) is 5.92 Å². The van der Waals surface area contributed by atoms with Crippen LogP contribution in [0.1, 0.15) is 90.7 Å². The zero-order valence-electron chi connectivity index (χ0n) is 17.6. The molecule has 2 atom stereocenters. The van der Waals surface area contributed by atoms with Gasteiger partial charge in [0.1, 0.15) is 11.5 Å². The van der Waals surface area contributed by atoms with E-state index < -0.39 is 0 Å². The van der Waals surface area contributed by atoms with Gasteiger partial charge in [-0.05, 0) is 70.1 Å². The predicted molar refractivity (Wildman–Crippen MR) is 113 cm³/mol. The van der Waals surface area contributed by atoms with Crippen LogP contribution in [0.2, 0.25) is 0 Å². The first-order valence-electron chi connectivity index (χ1n) is 10.3. The van der Waals surface area contributed by atoms with Gasteiger partial charge in [0.2, 0.25) is 0 Å². The van der Waals surface area contributed by atoms with Crippen molar-refractivity contribution in [2.45, 2.75) is 86.0 Å². The Morgan fingerprint density at radius 1 is 1.15 bits per heavy atom. The summed E-state index contributed by atoms with van der Waals surface area (Å²) in [5, 5.41) is 21.3. The molecule has 2 heteroatoms. The maximum Gasteiger partial charge on any atom is 0.123 e. The van der Waals surface area contributed by atoms with Crippen LogP contribution in [-0.2, 0) is 6.42 Å². The topological polar surface area (TPSA) is 40.5 Å². The third-order valence-corrected chi connectivity index (χ3v) is 5.39. The van der Waals surface area contributed by atoms with Crippen LogP contribution in [-0.4, -0.2) is 10.2 Å². The largest absolute Gasteiger partial charge is 0.507 e. The first kappa shape index (κ1) is 22.3. The highest BCUT2D eigenvalue weighted by molar-refractivity contribution is 5.51. The molecular formula is C24H38O2. The molecule has 2 unspecified atom stereocenters. The Hall–Kier alpha value is -1.70. The summed E-state index contributed by atoms with van der Waals surface area (Å²) in [5.74, 6) is 0.888. The Morgan fingerprint density at radius 3 is 2.31 bits per heavy atom. The molecule has 2 nitrogen and oxygen atoms in total. The summed E-state index contributed by atoms with van der Waals surface area (Å²) in [4.78, 5) is 0. The highest BCUT2D eigenvalue weighted by Crippen LogP contribution is 2.46. The van der Waals surface area contributed by atoms with Crippen LogP contribution in [0, 0.1) is 5.92 Å². The zero-order chi connectivity index (χ0) is 19.7. The maximum atomic E-state index is 10.6. The second-order valence-corrected chi connectivity index (χ2v) is 7.22. The Kier molecular flexibility index (Phi) is 9.54. The lowest BCUT2D eigenvalue weighted by Crippen LogP contribution is -2.17. The van der Waals surface area contributed by atoms with Crippen LogP contribution in [0.3, 0.4) is 0 Å². The second-order valence-electron chi connectivity index (χ2n) is 7.22. The lowest BCUT2D eigenvalue weighted by atomic mass is 9.73. The van der Waals surface area contributed by atoms with Crippen molar-refractivity contribution in [3.63, 3.8) is 0 Å². The summed E-state index contributed by atoms with van der Waals surface area (Å²) in [7, 11) is 0. The molecule has 1 aliphatic rings. The third kappa shape index (κ3) is 5.65. The van der Waals surface area contributed by atoms with E-state index in [-0.39, 0.29) is 17.4 Å². The van der Waals surface area contributed by atoms with E-state index in [1.807, 2.05) is 26.0 Å². The van der Waals surface area contributed by atoms with Gasteiger partial charge in [-0.3, -0.25) is 0 Å². The molecule has 0 bridgehead atoms. The fourth-order valence-corrected chi connectivity index (χ4v) is 3.82. The van der Waals surface area contributed by atoms with Gasteiger partial charge in [0.25, 0.3) is 0 Å². The molecule has 146 valence electrons. The Labute approximate surface area is 160 Å². The molecule has 1 aliphatic carbocycles. The molecule has 1 aromatic rings. The first-order chi connectivity index (χ1) is 12.5. The highest BCUT2D eigenvalue weighted by atomic mass is 16.3. The van der Waals surface area contributed by atoms with Crippen molar-refractivity contribution >= 4 is 0 Å². The zero-order valence-corrected chi connectivity index (χ0v) is 17.6. The van der Waals surface area contributed by atoms with Crippen LogP contribution in [0.4, 0.5) is 0 Å². The average Bonchev–Trinajstić information content (AvgIpc) is 2.62. The Morgan fingerprint density at radius 2 is 1.77 bits per heavy atom. The van der Waals surface area contributed by atoms with E-state index in [9.17, 15) is 10.2 Å². The van der Waals surface area contributed by atoms with Crippen LogP contribution in [0.5, 0.6) is 11.5 Å². The molecule has 26 heavy (non-hydrogen) atoms. The lowest BCUT2D eigenvalue weighted by Gasteiger charge is -2.32. The van der Waals surface area contributed by atoms with Crippen LogP contribution in [0.15, 0.2) is 35.4 Å². The summed E-state index contributed by atoms with van der Waals surface area (Å²) in [5.41, 5.74) is 4.39. The minimum Gasteiger partial charge on any atom is -0.507 e. The minimum absolute atomic E-state index is 0.0552. The molecule has 1 aromatic carbocycles. The monoisotopic (exact) mass is 358 g/mol. The van der Waals surface area contributed by atoms with Crippen molar-refractivity contribution in [1.82, 2.24) is 0 Å². The molecule has 0 aromatic heterocycles. The summed E-state index contributed by atoms with van der Waals surface area (Å²) in [6.45, 7) is 12.5. The number of benzene rings is 1. The van der Waals surface area contributed by atoms with Gasteiger partial charge in [-0.2, -0.15) is 0 Å². The van der Waals surface area contributed by atoms with E-state index in [0.717, 1.165) is 31.2 Å². The molecule has 0 fully saturated rings. The van der Waals surface area contributed by atoms with Crippen LogP contribution in [0.25, 0.3) is 0 Å². The van der Waals surface area contributed by atoms with Gasteiger partial charge in [-0.15, -0.1) is 0 Å². The second kappa shape index (κ2) is 11.1. The highest BCUT2D eigenvalue weighted by Gasteiger charge is 2.30. The van der Waals surface area contributed by atoms with Crippen molar-refractivity contribution in [1.29, 1.82) is 0 Å². The van der Waals surface area contributed by atoms with Gasteiger partial charge in [0, 0.05) is 11.5 Å². The number of unbranched alkanes of at least 4 members (excludes halogenated alkanes) is 2. The van der Waals surface area contributed by atoms with Gasteiger partial charge in [-0.25, -0.2) is 0 Å². The lowest BCUT2D eigenvalue weighted by molar-refractivity contribution is 0.405. The fraction of sp³-hybridized carbons (Fsp3) is 0.583. The van der Waals surface area contributed by atoms with E-state index in [2.05, 4.69) is 39.8 Å². The standard InChI is InChI=1S/C22H32O2.C2H6/c1-5-7-8-9-17-13-20(23)22(21(24)14-17)19-12-15(3)10-11-18(19)16(4)6-2;1-2/h6,12-14,18-19,23-24H,5,7-11H2,1-4H3;1-2H3/b16-6-;. The summed E-state index contributed by atoms with van der Waals surface area (Å²) < 4.78 is 0. The molecule has 2 rings (SSSR count). The quantitative estimate of drug-likeness (QED) is 0.415. The molecule has 0 saturated carbocycles. The van der Waals surface area contributed by atoms with Crippen LogP contribution >= 0.6 is 0 Å². The van der Waals surface area contributed by atoms with Crippen molar-refractivity contribution in [3.8, 4) is 11.5 Å². The molecule has 2 N–H and O–H groups in total. The van der Waals surface area contributed by atoms with Gasteiger partial charge in [0.15, 0.2) is 0 Å². The number of phenols is 2. The van der Waals surface area contributed by atoms with Crippen molar-refractivity contribution in [2.75, 3.05) is 0 Å². The third-order valence-electron chi connectivity index (χ3n) is 5.39. The molecule has 0 aliphatic heterocycles. The van der Waals surface area contributed by atoms with Gasteiger partial charge >= 0.3 is 0 Å². The average molecular weight is 359 g/mol. The fourth-order valence-electron chi connectivity index (χ4n) is 3.82. The van der Waals surface area contributed by atoms with Crippen molar-refractivity contribution < 1.29 is 10.2 Å². The summed E-state index contributed by atoms with van der Waals surface area (Å²) in [6, 6.07) is 3.70. The van der Waals surface area contributed by atoms with Gasteiger partial charge < -0.3 is 10.2 Å². The molecular weight excluding hydrogens is 320 g/mol. The minimum atomic E-state index is 0.0552. The van der Waals surface area contributed by atoms with E-state index in [4.69, 9.17) is 0 Å². The number of phenolic OH excluding ortho intramolecular Hbond substituents is 2. The molecule has 0 saturated heterocycles. The smallest absolute Gasteiger partial charge is 0.123 e. The number of allylic oxidation sites excluding steroid dienone is 4. The van der Waals surface area contributed by atoms with Crippen molar-refractivity contribution in [3.05, 3.63) is 46.6 Å². The number of rotatable bonds is 6. The summed E-state index contributed by atoms with van der Waals surface area (Å²) in [6.07, 6.45) is 10.9. The van der Waals surface area contributed by atoms with E-state index in [0.29, 0.717) is 11.5 Å². The van der Waals surface area contributed by atoms with E-state index in [1.54, 1.807) is 0 Å². The predicted octanol–water partition coefficient (Wildman–Crippen LogP) is 7.26. The summed E-state index contributed by atoms with van der Waals surface area (Å²) >= 11 is 0. The molecule has 0 radical (unpaired) electrons. The maximum absolute atomic E-state index is 10.6. The van der Waals surface area contributed by atoms with E-state index in [1.165, 1.54) is 24.0 Å². The van der Waals surface area contributed by atoms with Crippen LogP contribution < -0.4 is 0 Å². The molecule has 0 heterocycles. The number of aromatic hydroxyl groups is 2. The normalized spacial score (nSPS) is 20.2. The molecule has 0 spiro atoms. The first-order valence-corrected chi connectivity index (χ1v) is 10.3. The van der Waals surface area contributed by atoms with E-state index >= 15 is 0 Å². The van der Waals surface area contributed by atoms with Gasteiger partial charge in [0.05, 0.1) is 0 Å². The van der Waals surface area contributed by atoms with Gasteiger partial charge in [-0.1, -0.05) is 56.9 Å². The Balaban J connectivity index is 0.00000163.